The van der Waals surface area contributed by atoms with Crippen LogP contribution in [0.1, 0.15) is 36.1 Å². The fourth-order valence-electron chi connectivity index (χ4n) is 1.63. The topological polar surface area (TPSA) is 43.8 Å². The van der Waals surface area contributed by atoms with Crippen LogP contribution in [-0.4, -0.2) is 9.78 Å². The molecular formula is C13H19N3S. The van der Waals surface area contributed by atoms with Crippen molar-refractivity contribution >= 4 is 17.2 Å². The lowest BCUT2D eigenvalue weighted by molar-refractivity contribution is 0.604. The van der Waals surface area contributed by atoms with E-state index in [-0.39, 0.29) is 5.41 Å². The van der Waals surface area contributed by atoms with Gasteiger partial charge >= 0.3 is 0 Å². The molecule has 0 aliphatic heterocycles. The van der Waals surface area contributed by atoms with Gasteiger partial charge in [0.05, 0.1) is 12.7 Å². The molecule has 2 aromatic rings. The number of rotatable bonds is 2. The van der Waals surface area contributed by atoms with Gasteiger partial charge in [0.2, 0.25) is 0 Å². The highest BCUT2D eigenvalue weighted by Gasteiger charge is 2.16. The van der Waals surface area contributed by atoms with E-state index in [0.29, 0.717) is 0 Å². The molecular weight excluding hydrogens is 230 g/mol. The minimum absolute atomic E-state index is 0.217. The summed E-state index contributed by atoms with van der Waals surface area (Å²) in [6.45, 7) is 9.44. The molecule has 0 radical (unpaired) electrons. The van der Waals surface area contributed by atoms with Crippen LogP contribution < -0.4 is 5.73 Å². The molecule has 0 saturated carbocycles. The third-order valence-electron chi connectivity index (χ3n) is 2.78. The van der Waals surface area contributed by atoms with E-state index in [4.69, 9.17) is 5.73 Å². The molecule has 0 aliphatic rings. The summed E-state index contributed by atoms with van der Waals surface area (Å²) in [4.78, 5) is 2.69. The predicted octanol–water partition coefficient (Wildman–Crippen LogP) is 3.18. The number of aromatic nitrogens is 2. The number of aryl methyl sites for hydroxylation is 1. The van der Waals surface area contributed by atoms with Gasteiger partial charge in [0.25, 0.3) is 0 Å². The van der Waals surface area contributed by atoms with Crippen molar-refractivity contribution < 1.29 is 0 Å². The van der Waals surface area contributed by atoms with Gasteiger partial charge in [0.1, 0.15) is 5.82 Å². The first-order valence-electron chi connectivity index (χ1n) is 5.75. The van der Waals surface area contributed by atoms with Crippen molar-refractivity contribution in [2.75, 3.05) is 5.73 Å². The smallest absolute Gasteiger partial charge is 0.125 e. The van der Waals surface area contributed by atoms with Crippen LogP contribution in [0.2, 0.25) is 0 Å². The summed E-state index contributed by atoms with van der Waals surface area (Å²) in [5.74, 6) is 0.760. The molecule has 2 heterocycles. The Kier molecular flexibility index (Phi) is 3.00. The van der Waals surface area contributed by atoms with E-state index in [1.54, 1.807) is 0 Å². The summed E-state index contributed by atoms with van der Waals surface area (Å²) >= 11 is 1.84. The molecule has 2 aromatic heterocycles. The van der Waals surface area contributed by atoms with Crippen molar-refractivity contribution in [2.45, 2.75) is 39.7 Å². The summed E-state index contributed by atoms with van der Waals surface area (Å²) in [7, 11) is 0. The molecule has 0 unspecified atom stereocenters. The molecule has 0 fully saturated rings. The monoisotopic (exact) mass is 249 g/mol. The van der Waals surface area contributed by atoms with Gasteiger partial charge in [-0.1, -0.05) is 20.8 Å². The minimum Gasteiger partial charge on any atom is -0.384 e. The maximum atomic E-state index is 5.95. The molecule has 0 aromatic carbocycles. The Morgan fingerprint density at radius 2 is 2.06 bits per heavy atom. The Bertz CT molecular complexity index is 517. The van der Waals surface area contributed by atoms with Gasteiger partial charge in [0.15, 0.2) is 0 Å². The summed E-state index contributed by atoms with van der Waals surface area (Å²) < 4.78 is 1.85. The number of nitrogens with two attached hydrogens (primary N) is 1. The molecule has 17 heavy (non-hydrogen) atoms. The van der Waals surface area contributed by atoms with E-state index >= 15 is 0 Å². The van der Waals surface area contributed by atoms with Crippen LogP contribution in [0.15, 0.2) is 18.3 Å². The van der Waals surface area contributed by atoms with E-state index in [0.717, 1.165) is 17.9 Å². The molecule has 0 bridgehead atoms. The quantitative estimate of drug-likeness (QED) is 0.888. The molecule has 0 atom stereocenters. The first-order valence-corrected chi connectivity index (χ1v) is 6.56. The van der Waals surface area contributed by atoms with Crippen molar-refractivity contribution in [1.29, 1.82) is 0 Å². The zero-order valence-corrected chi connectivity index (χ0v) is 11.6. The number of nitrogens with zero attached hydrogens (tertiary/aromatic N) is 2. The second kappa shape index (κ2) is 4.18. The second-order valence-corrected chi connectivity index (χ2v) is 6.55. The minimum atomic E-state index is 0.217. The van der Waals surface area contributed by atoms with E-state index in [2.05, 4.69) is 38.0 Å². The van der Waals surface area contributed by atoms with Crippen molar-refractivity contribution in [3.63, 3.8) is 0 Å². The lowest BCUT2D eigenvalue weighted by Crippen LogP contribution is -2.08. The maximum Gasteiger partial charge on any atom is 0.125 e. The highest BCUT2D eigenvalue weighted by Crippen LogP contribution is 2.30. The summed E-state index contributed by atoms with van der Waals surface area (Å²) in [6.07, 6.45) is 1.81. The average Bonchev–Trinajstić information content (AvgIpc) is 2.80. The molecule has 0 spiro atoms. The molecule has 2 N–H and O–H groups in total. The molecule has 0 saturated heterocycles. The fraction of sp³-hybridized carbons (Fsp3) is 0.462. The Hall–Kier alpha value is -1.29. The third kappa shape index (κ3) is 2.52. The van der Waals surface area contributed by atoms with Crippen molar-refractivity contribution in [2.24, 2.45) is 0 Å². The number of anilines is 1. The second-order valence-electron chi connectivity index (χ2n) is 5.39. The SMILES string of the molecule is Cc1cnn(Cc2ccc(C(C)(C)C)s2)c1N. The first-order chi connectivity index (χ1) is 7.88. The van der Waals surface area contributed by atoms with E-state index in [9.17, 15) is 0 Å². The first kappa shape index (κ1) is 12.2. The Balaban J connectivity index is 2.20. The van der Waals surface area contributed by atoms with E-state index in [1.807, 2.05) is 29.1 Å². The van der Waals surface area contributed by atoms with E-state index in [1.165, 1.54) is 9.75 Å². The molecule has 0 amide bonds. The van der Waals surface area contributed by atoms with Crippen LogP contribution >= 0.6 is 11.3 Å². The van der Waals surface area contributed by atoms with Gasteiger partial charge in [-0.25, -0.2) is 4.68 Å². The van der Waals surface area contributed by atoms with Crippen molar-refractivity contribution in [3.8, 4) is 0 Å². The third-order valence-corrected chi connectivity index (χ3v) is 4.28. The molecule has 0 aliphatic carbocycles. The van der Waals surface area contributed by atoms with Crippen molar-refractivity contribution in [3.05, 3.63) is 33.6 Å². The number of thiophene rings is 1. The van der Waals surface area contributed by atoms with Crippen LogP contribution in [0.5, 0.6) is 0 Å². The Morgan fingerprint density at radius 3 is 2.53 bits per heavy atom. The lowest BCUT2D eigenvalue weighted by Gasteiger charge is -2.15. The van der Waals surface area contributed by atoms with Gasteiger partial charge in [-0.15, -0.1) is 11.3 Å². The van der Waals surface area contributed by atoms with Crippen LogP contribution in [-0.2, 0) is 12.0 Å². The fourth-order valence-corrected chi connectivity index (χ4v) is 2.68. The predicted molar refractivity (Wildman–Crippen MR) is 73.5 cm³/mol. The highest BCUT2D eigenvalue weighted by molar-refractivity contribution is 7.12. The van der Waals surface area contributed by atoms with E-state index < -0.39 is 0 Å². The maximum absolute atomic E-state index is 5.95. The van der Waals surface area contributed by atoms with Crippen molar-refractivity contribution in [1.82, 2.24) is 9.78 Å². The van der Waals surface area contributed by atoms with Gasteiger partial charge in [-0.2, -0.15) is 5.10 Å². The van der Waals surface area contributed by atoms with Gasteiger partial charge in [-0.05, 0) is 24.5 Å². The number of nitrogen functional groups attached to an aromatic ring is 1. The Labute approximate surface area is 106 Å². The van der Waals surface area contributed by atoms with Gasteiger partial charge < -0.3 is 5.73 Å². The van der Waals surface area contributed by atoms with Crippen LogP contribution in [0.25, 0.3) is 0 Å². The zero-order valence-electron chi connectivity index (χ0n) is 10.8. The number of hydrogen-bond donors (Lipinski definition) is 1. The van der Waals surface area contributed by atoms with Crippen LogP contribution in [0.4, 0.5) is 5.82 Å². The van der Waals surface area contributed by atoms with Crippen LogP contribution in [0.3, 0.4) is 0 Å². The molecule has 3 nitrogen and oxygen atoms in total. The standard InChI is InChI=1S/C13H19N3S/c1-9-7-15-16(12(9)14)8-10-5-6-11(17-10)13(2,3)4/h5-7H,8,14H2,1-4H3. The largest absolute Gasteiger partial charge is 0.384 e. The number of hydrogen-bond acceptors (Lipinski definition) is 3. The lowest BCUT2D eigenvalue weighted by atomic mass is 9.95. The average molecular weight is 249 g/mol. The summed E-state index contributed by atoms with van der Waals surface area (Å²) in [5.41, 5.74) is 7.20. The summed E-state index contributed by atoms with van der Waals surface area (Å²) in [5, 5.41) is 4.28. The Morgan fingerprint density at radius 1 is 1.35 bits per heavy atom. The summed E-state index contributed by atoms with van der Waals surface area (Å²) in [6, 6.07) is 4.37. The molecule has 4 heteroatoms. The van der Waals surface area contributed by atoms with Crippen LogP contribution in [0, 0.1) is 6.92 Å². The normalized spacial score (nSPS) is 12.0. The molecule has 92 valence electrons. The van der Waals surface area contributed by atoms with Gasteiger partial charge in [0, 0.05) is 15.3 Å². The highest BCUT2D eigenvalue weighted by atomic mass is 32.1. The van der Waals surface area contributed by atoms with Gasteiger partial charge in [-0.3, -0.25) is 0 Å². The zero-order chi connectivity index (χ0) is 12.6. The molecule has 2 rings (SSSR count).